The Hall–Kier alpha value is -0.750. The Balaban J connectivity index is 2.26. The van der Waals surface area contributed by atoms with Gasteiger partial charge < -0.3 is 15.2 Å². The first-order valence-corrected chi connectivity index (χ1v) is 4.39. The van der Waals surface area contributed by atoms with Crippen LogP contribution in [-0.4, -0.2) is 42.3 Å². The van der Waals surface area contributed by atoms with Gasteiger partial charge in [-0.1, -0.05) is 0 Å². The summed E-state index contributed by atoms with van der Waals surface area (Å²) in [5.74, 6) is -4.81. The SMILES string of the molecule is CC(O)CNCC1CC(F)(F)C(=O)O1. The molecule has 2 atom stereocenters. The van der Waals surface area contributed by atoms with Crippen molar-refractivity contribution in [2.75, 3.05) is 13.1 Å². The molecule has 0 bridgehead atoms. The van der Waals surface area contributed by atoms with Gasteiger partial charge >= 0.3 is 11.9 Å². The van der Waals surface area contributed by atoms with Crippen LogP contribution < -0.4 is 5.32 Å². The lowest BCUT2D eigenvalue weighted by Crippen LogP contribution is -2.32. The molecule has 0 saturated carbocycles. The van der Waals surface area contributed by atoms with E-state index in [1.165, 1.54) is 0 Å². The quantitative estimate of drug-likeness (QED) is 0.635. The molecule has 0 amide bonds. The van der Waals surface area contributed by atoms with Gasteiger partial charge in [-0.15, -0.1) is 0 Å². The fourth-order valence-electron chi connectivity index (χ4n) is 1.22. The molecule has 0 aromatic heterocycles. The Kier molecular flexibility index (Phi) is 3.38. The molecule has 4 nitrogen and oxygen atoms in total. The minimum atomic E-state index is -3.35. The fraction of sp³-hybridized carbons (Fsp3) is 0.875. The number of alkyl halides is 2. The van der Waals surface area contributed by atoms with Gasteiger partial charge in [0.15, 0.2) is 0 Å². The Bertz CT molecular complexity index is 221. The number of carbonyl (C=O) groups excluding carboxylic acids is 1. The second kappa shape index (κ2) is 4.18. The average Bonchev–Trinajstić information content (AvgIpc) is 2.25. The molecule has 1 heterocycles. The Morgan fingerprint density at radius 2 is 2.43 bits per heavy atom. The lowest BCUT2D eigenvalue weighted by Gasteiger charge is -2.10. The number of carbonyl (C=O) groups is 1. The molecule has 1 aliphatic rings. The normalized spacial score (nSPS) is 27.4. The zero-order chi connectivity index (χ0) is 10.8. The molecular formula is C8H13F2NO3. The van der Waals surface area contributed by atoms with Gasteiger partial charge in [0.05, 0.1) is 12.5 Å². The summed E-state index contributed by atoms with van der Waals surface area (Å²) in [7, 11) is 0. The first-order valence-electron chi connectivity index (χ1n) is 4.39. The van der Waals surface area contributed by atoms with Crippen LogP contribution in [0.15, 0.2) is 0 Å². The van der Waals surface area contributed by atoms with E-state index in [0.717, 1.165) is 0 Å². The van der Waals surface area contributed by atoms with E-state index < -0.39 is 30.5 Å². The summed E-state index contributed by atoms with van der Waals surface area (Å²) in [6.07, 6.45) is -1.93. The van der Waals surface area contributed by atoms with Crippen LogP contribution in [0.1, 0.15) is 13.3 Å². The average molecular weight is 209 g/mol. The summed E-state index contributed by atoms with van der Waals surface area (Å²) < 4.78 is 29.7. The molecule has 1 rings (SSSR count). The number of aliphatic hydroxyl groups excluding tert-OH is 1. The molecule has 2 unspecified atom stereocenters. The molecule has 2 N–H and O–H groups in total. The highest BCUT2D eigenvalue weighted by Gasteiger charge is 2.50. The Morgan fingerprint density at radius 1 is 1.79 bits per heavy atom. The molecule has 1 fully saturated rings. The predicted octanol–water partition coefficient (Wildman–Crippen LogP) is -0.0924. The minimum absolute atomic E-state index is 0.145. The summed E-state index contributed by atoms with van der Waals surface area (Å²) in [4.78, 5) is 10.6. The van der Waals surface area contributed by atoms with Gasteiger partial charge in [0.25, 0.3) is 0 Å². The molecule has 0 aromatic rings. The van der Waals surface area contributed by atoms with Gasteiger partial charge in [-0.2, -0.15) is 8.78 Å². The summed E-state index contributed by atoms with van der Waals surface area (Å²) in [6, 6.07) is 0. The van der Waals surface area contributed by atoms with Crippen molar-refractivity contribution in [3.8, 4) is 0 Å². The summed E-state index contributed by atoms with van der Waals surface area (Å²) in [5, 5.41) is 11.6. The van der Waals surface area contributed by atoms with Crippen LogP contribution in [0, 0.1) is 0 Å². The van der Waals surface area contributed by atoms with Crippen LogP contribution in [-0.2, 0) is 9.53 Å². The molecular weight excluding hydrogens is 196 g/mol. The van der Waals surface area contributed by atoms with Crippen molar-refractivity contribution in [2.24, 2.45) is 0 Å². The van der Waals surface area contributed by atoms with E-state index in [2.05, 4.69) is 10.1 Å². The van der Waals surface area contributed by atoms with E-state index in [1.54, 1.807) is 6.92 Å². The van der Waals surface area contributed by atoms with Crippen molar-refractivity contribution in [2.45, 2.75) is 31.5 Å². The molecule has 1 aliphatic heterocycles. The third kappa shape index (κ3) is 2.88. The van der Waals surface area contributed by atoms with Gasteiger partial charge in [0, 0.05) is 13.1 Å². The minimum Gasteiger partial charge on any atom is -0.456 e. The van der Waals surface area contributed by atoms with E-state index in [4.69, 9.17) is 5.11 Å². The molecule has 6 heteroatoms. The number of cyclic esters (lactones) is 1. The van der Waals surface area contributed by atoms with E-state index in [1.807, 2.05) is 0 Å². The van der Waals surface area contributed by atoms with E-state index in [0.29, 0.717) is 6.54 Å². The Morgan fingerprint density at radius 3 is 2.86 bits per heavy atom. The van der Waals surface area contributed by atoms with Crippen LogP contribution in [0.2, 0.25) is 0 Å². The number of nitrogens with one attached hydrogen (secondary N) is 1. The van der Waals surface area contributed by atoms with Gasteiger partial charge in [-0.05, 0) is 6.92 Å². The zero-order valence-electron chi connectivity index (χ0n) is 7.80. The highest BCUT2D eigenvalue weighted by molar-refractivity contribution is 5.79. The maximum atomic E-state index is 12.6. The van der Waals surface area contributed by atoms with Gasteiger partial charge in [-0.3, -0.25) is 0 Å². The molecule has 0 aliphatic carbocycles. The molecule has 14 heavy (non-hydrogen) atoms. The van der Waals surface area contributed by atoms with Crippen LogP contribution in [0.3, 0.4) is 0 Å². The number of hydrogen-bond acceptors (Lipinski definition) is 4. The first kappa shape index (κ1) is 11.3. The van der Waals surface area contributed by atoms with Gasteiger partial charge in [0.2, 0.25) is 0 Å². The van der Waals surface area contributed by atoms with Crippen molar-refractivity contribution in [1.82, 2.24) is 5.32 Å². The van der Waals surface area contributed by atoms with Crippen LogP contribution in [0.5, 0.6) is 0 Å². The molecule has 0 spiro atoms. The monoisotopic (exact) mass is 209 g/mol. The lowest BCUT2D eigenvalue weighted by atomic mass is 10.2. The number of aliphatic hydroxyl groups is 1. The summed E-state index contributed by atoms with van der Waals surface area (Å²) in [5.41, 5.74) is 0. The maximum absolute atomic E-state index is 12.6. The maximum Gasteiger partial charge on any atom is 0.377 e. The molecule has 0 aromatic carbocycles. The summed E-state index contributed by atoms with van der Waals surface area (Å²) in [6.45, 7) is 2.01. The zero-order valence-corrected chi connectivity index (χ0v) is 7.80. The first-order chi connectivity index (χ1) is 6.42. The molecule has 82 valence electrons. The number of halogens is 2. The van der Waals surface area contributed by atoms with Crippen molar-refractivity contribution in [3.63, 3.8) is 0 Å². The number of esters is 1. The van der Waals surface area contributed by atoms with Crippen LogP contribution in [0.4, 0.5) is 8.78 Å². The second-order valence-electron chi connectivity index (χ2n) is 3.44. The smallest absolute Gasteiger partial charge is 0.377 e. The van der Waals surface area contributed by atoms with Crippen molar-refractivity contribution >= 4 is 5.97 Å². The molecule has 0 radical (unpaired) electrons. The predicted molar refractivity (Wildman–Crippen MR) is 44.0 cm³/mol. The summed E-state index contributed by atoms with van der Waals surface area (Å²) >= 11 is 0. The van der Waals surface area contributed by atoms with Gasteiger partial charge in [-0.25, -0.2) is 4.79 Å². The number of rotatable bonds is 4. The second-order valence-corrected chi connectivity index (χ2v) is 3.44. The highest BCUT2D eigenvalue weighted by Crippen LogP contribution is 2.30. The lowest BCUT2D eigenvalue weighted by molar-refractivity contribution is -0.159. The van der Waals surface area contributed by atoms with E-state index >= 15 is 0 Å². The van der Waals surface area contributed by atoms with Gasteiger partial charge in [0.1, 0.15) is 6.10 Å². The highest BCUT2D eigenvalue weighted by atomic mass is 19.3. The van der Waals surface area contributed by atoms with Crippen molar-refractivity contribution in [1.29, 1.82) is 0 Å². The topological polar surface area (TPSA) is 58.6 Å². The third-order valence-corrected chi connectivity index (χ3v) is 1.87. The third-order valence-electron chi connectivity index (χ3n) is 1.87. The largest absolute Gasteiger partial charge is 0.456 e. The van der Waals surface area contributed by atoms with Crippen LogP contribution >= 0.6 is 0 Å². The number of hydrogen-bond donors (Lipinski definition) is 2. The standard InChI is InChI=1S/C8H13F2NO3/c1-5(12)3-11-4-6-2-8(9,10)7(13)14-6/h5-6,11-12H,2-4H2,1H3. The van der Waals surface area contributed by atoms with Crippen molar-refractivity contribution < 1.29 is 23.4 Å². The number of ether oxygens (including phenoxy) is 1. The fourth-order valence-corrected chi connectivity index (χ4v) is 1.22. The Labute approximate surface area is 80.2 Å². The van der Waals surface area contributed by atoms with E-state index in [-0.39, 0.29) is 6.54 Å². The molecule has 1 saturated heterocycles. The van der Waals surface area contributed by atoms with Crippen molar-refractivity contribution in [3.05, 3.63) is 0 Å². The van der Waals surface area contributed by atoms with E-state index in [9.17, 15) is 13.6 Å². The van der Waals surface area contributed by atoms with Crippen LogP contribution in [0.25, 0.3) is 0 Å².